The molecule has 188 valence electrons. The third-order valence-electron chi connectivity index (χ3n) is 3.06. The molecule has 0 rings (SSSR count). The zero-order chi connectivity index (χ0) is 23.3. The number of hydrogen-bond donors (Lipinski definition) is 0. The van der Waals surface area contributed by atoms with Gasteiger partial charge in [-0.1, -0.05) is 0 Å². The summed E-state index contributed by atoms with van der Waals surface area (Å²) in [5.74, 6) is 1.44. The summed E-state index contributed by atoms with van der Waals surface area (Å²) >= 11 is 22.3. The molecule has 15 heteroatoms. The Labute approximate surface area is 204 Å². The Balaban J connectivity index is 4.21. The average molecular weight is 572 g/mol. The van der Waals surface area contributed by atoms with Crippen LogP contribution >= 0.6 is 62.0 Å². The molecule has 31 heavy (non-hydrogen) atoms. The maximum absolute atomic E-state index is 12.5. The van der Waals surface area contributed by atoms with Crippen molar-refractivity contribution in [3.63, 3.8) is 0 Å². The Hall–Kier alpha value is 1.34. The minimum atomic E-state index is -3.73. The van der Waals surface area contributed by atoms with Crippen molar-refractivity contribution in [1.29, 1.82) is 0 Å². The molecule has 0 aromatic carbocycles. The normalized spacial score (nSPS) is 12.5. The van der Waals surface area contributed by atoms with Gasteiger partial charge in [-0.2, -0.15) is 0 Å². The van der Waals surface area contributed by atoms with Gasteiger partial charge in [-0.15, -0.1) is 46.4 Å². The minimum Gasteiger partial charge on any atom is -0.377 e. The summed E-state index contributed by atoms with van der Waals surface area (Å²) in [4.78, 5) is 0. The standard InChI is InChI=1S/C16H32Cl4O9P2/c17-5-1-9-24-30(21,25-10-2-6-18)28-15-13-23-14-16-29-31(22,26-11-3-7-19)27-12-4-8-20/h1-16H2. The van der Waals surface area contributed by atoms with E-state index in [0.717, 1.165) is 0 Å². The highest BCUT2D eigenvalue weighted by atomic mass is 35.5. The number of rotatable bonds is 24. The lowest BCUT2D eigenvalue weighted by atomic mass is 10.5. The van der Waals surface area contributed by atoms with Crippen molar-refractivity contribution < 1.29 is 41.0 Å². The number of hydrogen-bond acceptors (Lipinski definition) is 9. The Morgan fingerprint density at radius 2 is 0.677 bits per heavy atom. The summed E-state index contributed by atoms with van der Waals surface area (Å²) in [7, 11) is -7.45. The van der Waals surface area contributed by atoms with Crippen molar-refractivity contribution in [3.8, 4) is 0 Å². The van der Waals surface area contributed by atoms with Gasteiger partial charge in [0.25, 0.3) is 0 Å². The van der Waals surface area contributed by atoms with Gasteiger partial charge in [-0.05, 0) is 25.7 Å². The highest BCUT2D eigenvalue weighted by molar-refractivity contribution is 7.48. The molecule has 0 atom stereocenters. The van der Waals surface area contributed by atoms with Gasteiger partial charge in [0.15, 0.2) is 0 Å². The monoisotopic (exact) mass is 570 g/mol. The van der Waals surface area contributed by atoms with Crippen molar-refractivity contribution in [3.05, 3.63) is 0 Å². The predicted molar refractivity (Wildman–Crippen MR) is 123 cm³/mol. The van der Waals surface area contributed by atoms with E-state index in [-0.39, 0.29) is 52.9 Å². The van der Waals surface area contributed by atoms with Crippen LogP contribution in [0, 0.1) is 0 Å². The largest absolute Gasteiger partial charge is 0.474 e. The van der Waals surface area contributed by atoms with E-state index >= 15 is 0 Å². The molecule has 0 aromatic heterocycles. The number of alkyl halides is 4. The quantitative estimate of drug-likeness (QED) is 0.0804. The van der Waals surface area contributed by atoms with Gasteiger partial charge in [0.1, 0.15) is 0 Å². The van der Waals surface area contributed by atoms with Crippen LogP contribution < -0.4 is 0 Å². The minimum absolute atomic E-state index is 0.0465. The Morgan fingerprint density at radius 3 is 0.935 bits per heavy atom. The Kier molecular flexibility index (Phi) is 22.8. The molecular formula is C16H32Cl4O9P2. The van der Waals surface area contributed by atoms with Gasteiger partial charge in [0, 0.05) is 23.5 Å². The van der Waals surface area contributed by atoms with Crippen LogP contribution in [0.1, 0.15) is 25.7 Å². The van der Waals surface area contributed by atoms with E-state index in [1.54, 1.807) is 0 Å². The molecule has 0 aliphatic heterocycles. The van der Waals surface area contributed by atoms with Gasteiger partial charge in [0.05, 0.1) is 52.9 Å². The molecule has 0 saturated carbocycles. The SMILES string of the molecule is O=P(OCCCCl)(OCCCCl)OCCOCCOP(=O)(OCCCCl)OCCCCl. The van der Waals surface area contributed by atoms with Gasteiger partial charge in [-0.25, -0.2) is 9.13 Å². The molecule has 0 aromatic rings. The Bertz CT molecular complexity index is 436. The molecule has 0 spiro atoms. The smallest absolute Gasteiger partial charge is 0.377 e. The van der Waals surface area contributed by atoms with Crippen LogP contribution in [0.5, 0.6) is 0 Å². The molecule has 9 nitrogen and oxygen atoms in total. The summed E-state index contributed by atoms with van der Waals surface area (Å²) in [6.45, 7) is 0.617. The van der Waals surface area contributed by atoms with Gasteiger partial charge < -0.3 is 4.74 Å². The third-order valence-corrected chi connectivity index (χ3v) is 7.13. The second-order valence-electron chi connectivity index (χ2n) is 5.68. The first-order chi connectivity index (χ1) is 14.9. The van der Waals surface area contributed by atoms with Crippen molar-refractivity contribution in [2.45, 2.75) is 25.7 Å². The second-order valence-corrected chi connectivity index (χ2v) is 10.5. The van der Waals surface area contributed by atoms with Crippen LogP contribution in [0.3, 0.4) is 0 Å². The zero-order valence-electron chi connectivity index (χ0n) is 17.4. The molecule has 0 bridgehead atoms. The van der Waals surface area contributed by atoms with E-state index in [1.165, 1.54) is 0 Å². The highest BCUT2D eigenvalue weighted by Crippen LogP contribution is 2.50. The summed E-state index contributed by atoms with van der Waals surface area (Å²) in [6, 6.07) is 0. The van der Waals surface area contributed by atoms with Crippen LogP contribution in [-0.2, 0) is 41.0 Å². The lowest BCUT2D eigenvalue weighted by Crippen LogP contribution is -2.11. The van der Waals surface area contributed by atoms with E-state index in [1.807, 2.05) is 0 Å². The fourth-order valence-corrected chi connectivity index (χ4v) is 4.56. The first-order valence-electron chi connectivity index (χ1n) is 9.84. The molecule has 0 amide bonds. The number of phosphoric acid groups is 2. The van der Waals surface area contributed by atoms with Crippen molar-refractivity contribution in [1.82, 2.24) is 0 Å². The molecule has 0 unspecified atom stereocenters. The molecule has 0 aliphatic carbocycles. The first-order valence-corrected chi connectivity index (χ1v) is 14.9. The molecule has 0 saturated heterocycles. The van der Waals surface area contributed by atoms with Crippen LogP contribution in [0.2, 0.25) is 0 Å². The number of ether oxygens (including phenoxy) is 1. The molecule has 0 N–H and O–H groups in total. The third kappa shape index (κ3) is 19.3. The predicted octanol–water partition coefficient (Wildman–Crippen LogP) is 5.83. The van der Waals surface area contributed by atoms with E-state index < -0.39 is 15.6 Å². The first kappa shape index (κ1) is 32.3. The fourth-order valence-electron chi connectivity index (χ4n) is 1.67. The summed E-state index contributed by atoms with van der Waals surface area (Å²) in [6.07, 6.45) is 2.01. The van der Waals surface area contributed by atoms with E-state index in [2.05, 4.69) is 0 Å². The summed E-state index contributed by atoms with van der Waals surface area (Å²) in [5.41, 5.74) is 0. The van der Waals surface area contributed by atoms with Crippen LogP contribution in [0.15, 0.2) is 0 Å². The summed E-state index contributed by atoms with van der Waals surface area (Å²) in [5, 5.41) is 0. The van der Waals surface area contributed by atoms with Gasteiger partial charge in [-0.3, -0.25) is 27.1 Å². The molecule has 0 heterocycles. The second kappa shape index (κ2) is 21.8. The van der Waals surface area contributed by atoms with Crippen molar-refractivity contribution >= 4 is 62.0 Å². The lowest BCUT2D eigenvalue weighted by Gasteiger charge is -2.18. The highest BCUT2D eigenvalue weighted by Gasteiger charge is 2.27. The zero-order valence-corrected chi connectivity index (χ0v) is 22.2. The van der Waals surface area contributed by atoms with Crippen molar-refractivity contribution in [2.24, 2.45) is 0 Å². The van der Waals surface area contributed by atoms with E-state index in [4.69, 9.17) is 78.3 Å². The van der Waals surface area contributed by atoms with Gasteiger partial charge in [0.2, 0.25) is 0 Å². The number of halogens is 4. The maximum atomic E-state index is 12.5. The molecular weight excluding hydrogens is 540 g/mol. The van der Waals surface area contributed by atoms with Crippen LogP contribution in [0.4, 0.5) is 0 Å². The van der Waals surface area contributed by atoms with E-state index in [9.17, 15) is 9.13 Å². The summed E-state index contributed by atoms with van der Waals surface area (Å²) < 4.78 is 61.6. The molecule has 0 radical (unpaired) electrons. The van der Waals surface area contributed by atoms with Crippen LogP contribution in [0.25, 0.3) is 0 Å². The topological polar surface area (TPSA) is 98.8 Å². The molecule has 0 fully saturated rings. The van der Waals surface area contributed by atoms with Crippen LogP contribution in [-0.4, -0.2) is 76.4 Å². The maximum Gasteiger partial charge on any atom is 0.474 e. The van der Waals surface area contributed by atoms with Crippen molar-refractivity contribution in [2.75, 3.05) is 76.4 Å². The average Bonchev–Trinajstić information content (AvgIpc) is 2.74. The van der Waals surface area contributed by atoms with Gasteiger partial charge >= 0.3 is 15.6 Å². The Morgan fingerprint density at radius 1 is 0.419 bits per heavy atom. The van der Waals surface area contributed by atoms with E-state index in [0.29, 0.717) is 49.2 Å². The molecule has 0 aliphatic rings. The number of phosphoric ester groups is 2. The lowest BCUT2D eigenvalue weighted by molar-refractivity contribution is 0.0408. The fraction of sp³-hybridized carbons (Fsp3) is 1.00.